The van der Waals surface area contributed by atoms with E-state index in [4.69, 9.17) is 5.73 Å². The van der Waals surface area contributed by atoms with Crippen LogP contribution in [0.1, 0.15) is 15.9 Å². The number of methoxy groups -OCH3 is 1. The summed E-state index contributed by atoms with van der Waals surface area (Å²) < 4.78 is 4.68. The molecule has 0 heterocycles. The Balaban J connectivity index is 2.10. The van der Waals surface area contributed by atoms with E-state index in [1.54, 1.807) is 12.1 Å². The fraction of sp³-hybridized carbons (Fsp3) is 0.188. The molecular formula is C16H18N2O2. The first-order valence-electron chi connectivity index (χ1n) is 6.34. The van der Waals surface area contributed by atoms with Gasteiger partial charge < -0.3 is 15.4 Å². The van der Waals surface area contributed by atoms with Crippen molar-refractivity contribution in [3.8, 4) is 0 Å². The van der Waals surface area contributed by atoms with Crippen molar-refractivity contribution in [3.05, 3.63) is 59.7 Å². The molecule has 104 valence electrons. The number of carbonyl (C=O) groups excluding carboxylic acids is 1. The van der Waals surface area contributed by atoms with Gasteiger partial charge in [-0.25, -0.2) is 4.79 Å². The summed E-state index contributed by atoms with van der Waals surface area (Å²) in [6.07, 6.45) is 0. The highest BCUT2D eigenvalue weighted by atomic mass is 16.5. The van der Waals surface area contributed by atoms with Crippen molar-refractivity contribution in [3.63, 3.8) is 0 Å². The molecule has 0 bridgehead atoms. The highest BCUT2D eigenvalue weighted by Crippen LogP contribution is 2.22. The van der Waals surface area contributed by atoms with E-state index < -0.39 is 0 Å². The molecule has 0 fully saturated rings. The zero-order chi connectivity index (χ0) is 14.5. The molecule has 2 rings (SSSR count). The van der Waals surface area contributed by atoms with E-state index in [0.29, 0.717) is 5.56 Å². The third-order valence-corrected chi connectivity index (χ3v) is 3.14. The van der Waals surface area contributed by atoms with Gasteiger partial charge in [0.05, 0.1) is 24.0 Å². The Kier molecular flexibility index (Phi) is 4.25. The van der Waals surface area contributed by atoms with Crippen LogP contribution in [0.5, 0.6) is 0 Å². The number of nitrogens with two attached hydrogens (primary N) is 1. The van der Waals surface area contributed by atoms with Crippen molar-refractivity contribution in [2.45, 2.75) is 6.54 Å². The van der Waals surface area contributed by atoms with Gasteiger partial charge in [0.25, 0.3) is 0 Å². The van der Waals surface area contributed by atoms with E-state index in [1.165, 1.54) is 7.11 Å². The lowest BCUT2D eigenvalue weighted by Crippen LogP contribution is -2.17. The summed E-state index contributed by atoms with van der Waals surface area (Å²) in [5.74, 6) is -0.322. The number of hydrogen-bond donors (Lipinski definition) is 1. The largest absolute Gasteiger partial charge is 0.465 e. The van der Waals surface area contributed by atoms with Gasteiger partial charge in [-0.3, -0.25) is 0 Å². The standard InChI is InChI=1S/C16H18N2O2/c1-18(15-6-4-3-5-14(15)17)11-12-7-9-13(10-8-12)16(19)20-2/h3-10H,11,17H2,1-2H3. The number of esters is 1. The van der Waals surface area contributed by atoms with Gasteiger partial charge in [0.2, 0.25) is 0 Å². The first-order chi connectivity index (χ1) is 9.61. The third kappa shape index (κ3) is 3.09. The summed E-state index contributed by atoms with van der Waals surface area (Å²) >= 11 is 0. The molecule has 0 radical (unpaired) electrons. The van der Waals surface area contributed by atoms with E-state index >= 15 is 0 Å². The molecule has 0 atom stereocenters. The summed E-state index contributed by atoms with van der Waals surface area (Å²) in [6.45, 7) is 0.718. The molecule has 0 amide bonds. The second kappa shape index (κ2) is 6.10. The second-order valence-corrected chi connectivity index (χ2v) is 4.60. The van der Waals surface area contributed by atoms with Crippen molar-refractivity contribution >= 4 is 17.3 Å². The molecule has 20 heavy (non-hydrogen) atoms. The lowest BCUT2D eigenvalue weighted by Gasteiger charge is -2.21. The highest BCUT2D eigenvalue weighted by Gasteiger charge is 2.07. The van der Waals surface area contributed by atoms with E-state index in [2.05, 4.69) is 9.64 Å². The number of carbonyl (C=O) groups is 1. The second-order valence-electron chi connectivity index (χ2n) is 4.60. The SMILES string of the molecule is COC(=O)c1ccc(CN(C)c2ccccc2N)cc1. The Morgan fingerprint density at radius 3 is 2.40 bits per heavy atom. The van der Waals surface area contributed by atoms with Crippen LogP contribution >= 0.6 is 0 Å². The van der Waals surface area contributed by atoms with Crippen molar-refractivity contribution in [2.75, 3.05) is 24.8 Å². The molecule has 4 heteroatoms. The van der Waals surface area contributed by atoms with Crippen LogP contribution in [0.3, 0.4) is 0 Å². The van der Waals surface area contributed by atoms with Gasteiger partial charge in [0.1, 0.15) is 0 Å². The first kappa shape index (κ1) is 13.9. The van der Waals surface area contributed by atoms with Crippen LogP contribution < -0.4 is 10.6 Å². The van der Waals surface area contributed by atoms with Gasteiger partial charge in [0.15, 0.2) is 0 Å². The molecule has 0 aliphatic rings. The highest BCUT2D eigenvalue weighted by molar-refractivity contribution is 5.89. The number of para-hydroxylation sites is 2. The molecule has 2 N–H and O–H groups in total. The molecule has 0 saturated carbocycles. The molecule has 2 aromatic carbocycles. The average molecular weight is 270 g/mol. The lowest BCUT2D eigenvalue weighted by atomic mass is 10.1. The smallest absolute Gasteiger partial charge is 0.337 e. The summed E-state index contributed by atoms with van der Waals surface area (Å²) in [5, 5.41) is 0. The van der Waals surface area contributed by atoms with Crippen LogP contribution in [0.4, 0.5) is 11.4 Å². The fourth-order valence-corrected chi connectivity index (χ4v) is 2.06. The molecule has 0 unspecified atom stereocenters. The molecule has 0 aromatic heterocycles. The minimum atomic E-state index is -0.322. The number of nitrogens with zero attached hydrogens (tertiary/aromatic N) is 1. The number of rotatable bonds is 4. The number of benzene rings is 2. The zero-order valence-corrected chi connectivity index (χ0v) is 11.7. The lowest BCUT2D eigenvalue weighted by molar-refractivity contribution is 0.0600. The average Bonchev–Trinajstić information content (AvgIpc) is 2.47. The molecule has 0 spiro atoms. The van der Waals surface area contributed by atoms with E-state index in [1.807, 2.05) is 43.4 Å². The molecular weight excluding hydrogens is 252 g/mol. The molecule has 2 aromatic rings. The van der Waals surface area contributed by atoms with E-state index in [9.17, 15) is 4.79 Å². The minimum absolute atomic E-state index is 0.322. The summed E-state index contributed by atoms with van der Waals surface area (Å²) in [6, 6.07) is 15.1. The Labute approximate surface area is 118 Å². The Morgan fingerprint density at radius 1 is 1.15 bits per heavy atom. The van der Waals surface area contributed by atoms with Crippen molar-refractivity contribution in [1.29, 1.82) is 0 Å². The van der Waals surface area contributed by atoms with Crippen molar-refractivity contribution in [1.82, 2.24) is 0 Å². The van der Waals surface area contributed by atoms with Gasteiger partial charge in [-0.15, -0.1) is 0 Å². The topological polar surface area (TPSA) is 55.6 Å². The fourth-order valence-electron chi connectivity index (χ4n) is 2.06. The number of hydrogen-bond acceptors (Lipinski definition) is 4. The molecule has 0 saturated heterocycles. The van der Waals surface area contributed by atoms with E-state index in [-0.39, 0.29) is 5.97 Å². The Morgan fingerprint density at radius 2 is 1.80 bits per heavy atom. The van der Waals surface area contributed by atoms with Crippen LogP contribution in [-0.2, 0) is 11.3 Å². The predicted molar refractivity (Wildman–Crippen MR) is 80.7 cm³/mol. The normalized spacial score (nSPS) is 10.1. The Bertz CT molecular complexity index is 594. The number of ether oxygens (including phenoxy) is 1. The van der Waals surface area contributed by atoms with Gasteiger partial charge in [-0.1, -0.05) is 24.3 Å². The third-order valence-electron chi connectivity index (χ3n) is 3.14. The maximum Gasteiger partial charge on any atom is 0.337 e. The maximum atomic E-state index is 11.4. The van der Waals surface area contributed by atoms with Crippen LogP contribution in [0.25, 0.3) is 0 Å². The van der Waals surface area contributed by atoms with Crippen molar-refractivity contribution < 1.29 is 9.53 Å². The Hall–Kier alpha value is -2.49. The summed E-state index contributed by atoms with van der Waals surface area (Å²) in [4.78, 5) is 13.4. The molecule has 0 aliphatic carbocycles. The molecule has 4 nitrogen and oxygen atoms in total. The van der Waals surface area contributed by atoms with Gasteiger partial charge in [-0.2, -0.15) is 0 Å². The van der Waals surface area contributed by atoms with Crippen LogP contribution in [0.2, 0.25) is 0 Å². The van der Waals surface area contributed by atoms with E-state index in [0.717, 1.165) is 23.5 Å². The summed E-state index contributed by atoms with van der Waals surface area (Å²) in [7, 11) is 3.36. The first-order valence-corrected chi connectivity index (χ1v) is 6.34. The summed E-state index contributed by atoms with van der Waals surface area (Å²) in [5.41, 5.74) is 9.35. The van der Waals surface area contributed by atoms with Crippen LogP contribution in [0.15, 0.2) is 48.5 Å². The number of anilines is 2. The van der Waals surface area contributed by atoms with Gasteiger partial charge in [0, 0.05) is 13.6 Å². The minimum Gasteiger partial charge on any atom is -0.465 e. The predicted octanol–water partition coefficient (Wildman–Crippen LogP) is 2.69. The maximum absolute atomic E-state index is 11.4. The van der Waals surface area contributed by atoms with Crippen LogP contribution in [0, 0.1) is 0 Å². The molecule has 0 aliphatic heterocycles. The monoisotopic (exact) mass is 270 g/mol. The van der Waals surface area contributed by atoms with Gasteiger partial charge >= 0.3 is 5.97 Å². The number of nitrogen functional groups attached to an aromatic ring is 1. The van der Waals surface area contributed by atoms with Crippen molar-refractivity contribution in [2.24, 2.45) is 0 Å². The van der Waals surface area contributed by atoms with Gasteiger partial charge in [-0.05, 0) is 29.8 Å². The van der Waals surface area contributed by atoms with Crippen LogP contribution in [-0.4, -0.2) is 20.1 Å². The zero-order valence-electron chi connectivity index (χ0n) is 11.7. The quantitative estimate of drug-likeness (QED) is 0.685.